The Morgan fingerprint density at radius 2 is 0.758 bits per heavy atom. The fraction of sp³-hybridized carbons (Fsp3) is 0.161. The van der Waals surface area contributed by atoms with Gasteiger partial charge >= 0.3 is 0 Å². The standard InChI is InChI=1S/C62H46/c1-31-26-34-28-50-51(33-12-10-9-11-13-33)58-45-24-22-41-39-19-18-38-37-16-14-35(61(3,4)5)29-48(37)43-21-20-40(53(39)52(38)43)42-23-25-46(55(45)54(41)42)59(58)57-44-17-15-36(62(6,7)8)30-49(44)56(60(50)57)47(34)27-32(31)2/h9-30H,1-8H3. The fourth-order valence-electron chi connectivity index (χ4n) is 12.3. The van der Waals surface area contributed by atoms with E-state index in [1.54, 1.807) is 0 Å². The summed E-state index contributed by atoms with van der Waals surface area (Å²) in [6.45, 7) is 18.5. The second-order valence-electron chi connectivity index (χ2n) is 20.9. The van der Waals surface area contributed by atoms with E-state index in [0.717, 1.165) is 0 Å². The lowest BCUT2D eigenvalue weighted by Gasteiger charge is -2.20. The lowest BCUT2D eigenvalue weighted by molar-refractivity contribution is 0.590. The number of rotatable bonds is 1. The van der Waals surface area contributed by atoms with Crippen molar-refractivity contribution in [2.75, 3.05) is 0 Å². The van der Waals surface area contributed by atoms with Crippen molar-refractivity contribution in [3.05, 3.63) is 156 Å². The van der Waals surface area contributed by atoms with Crippen molar-refractivity contribution in [1.82, 2.24) is 0 Å². The first kappa shape index (κ1) is 34.9. The van der Waals surface area contributed by atoms with Crippen LogP contribution in [0.5, 0.6) is 0 Å². The molecule has 0 heterocycles. The molecule has 0 unspecified atom stereocenters. The van der Waals surface area contributed by atoms with Crippen LogP contribution >= 0.6 is 0 Å². The summed E-state index contributed by atoms with van der Waals surface area (Å²) < 4.78 is 0. The van der Waals surface area contributed by atoms with Crippen molar-refractivity contribution >= 4 is 108 Å². The van der Waals surface area contributed by atoms with Gasteiger partial charge in [-0.3, -0.25) is 0 Å². The third-order valence-electron chi connectivity index (χ3n) is 15.4. The van der Waals surface area contributed by atoms with E-state index < -0.39 is 0 Å². The van der Waals surface area contributed by atoms with Crippen LogP contribution in [0.25, 0.3) is 141 Å². The molecule has 0 radical (unpaired) electrons. The first-order valence-electron chi connectivity index (χ1n) is 22.5. The molecule has 0 nitrogen and oxygen atoms in total. The number of aryl methyl sites for hydroxylation is 2. The maximum Gasteiger partial charge on any atom is -0.000696 e. The van der Waals surface area contributed by atoms with E-state index in [2.05, 4.69) is 189 Å². The molecule has 13 aromatic carbocycles. The quantitative estimate of drug-likeness (QED) is 0.115. The number of benzene rings is 11. The van der Waals surface area contributed by atoms with Crippen molar-refractivity contribution in [3.8, 4) is 33.4 Å². The molecule has 0 aromatic heterocycles. The van der Waals surface area contributed by atoms with Gasteiger partial charge in [0.1, 0.15) is 0 Å². The second-order valence-corrected chi connectivity index (χ2v) is 20.9. The minimum absolute atomic E-state index is 0.0257. The molecule has 0 fully saturated rings. The Morgan fingerprint density at radius 3 is 1.45 bits per heavy atom. The predicted octanol–water partition coefficient (Wildman–Crippen LogP) is 18.1. The molecule has 14 rings (SSSR count). The topological polar surface area (TPSA) is 0 Å². The molecule has 0 bridgehead atoms. The zero-order valence-electron chi connectivity index (χ0n) is 36.7. The normalized spacial score (nSPS) is 13.5. The highest BCUT2D eigenvalue weighted by molar-refractivity contribution is 6.52. The third-order valence-corrected chi connectivity index (χ3v) is 15.4. The Kier molecular flexibility index (Phi) is 6.30. The molecule has 0 saturated carbocycles. The molecule has 0 N–H and O–H groups in total. The van der Waals surface area contributed by atoms with Crippen LogP contribution in [0, 0.1) is 13.8 Å². The maximum atomic E-state index is 2.53. The summed E-state index contributed by atoms with van der Waals surface area (Å²) in [7, 11) is 0. The Hall–Kier alpha value is -6.76. The van der Waals surface area contributed by atoms with Gasteiger partial charge in [0, 0.05) is 0 Å². The number of fused-ring (bicyclic) bond motifs is 14. The van der Waals surface area contributed by atoms with Crippen LogP contribution in [0.15, 0.2) is 133 Å². The summed E-state index contributed by atoms with van der Waals surface area (Å²) in [5.74, 6) is 0. The monoisotopic (exact) mass is 790 g/mol. The van der Waals surface area contributed by atoms with Gasteiger partial charge in [0.25, 0.3) is 0 Å². The molecule has 62 heavy (non-hydrogen) atoms. The summed E-state index contributed by atoms with van der Waals surface area (Å²) >= 11 is 0. The zero-order valence-corrected chi connectivity index (χ0v) is 36.7. The van der Waals surface area contributed by atoms with E-state index in [1.165, 1.54) is 163 Å². The maximum absolute atomic E-state index is 2.53. The van der Waals surface area contributed by atoms with Gasteiger partial charge in [-0.1, -0.05) is 157 Å². The predicted molar refractivity (Wildman–Crippen MR) is 272 cm³/mol. The Labute approximate surface area is 361 Å². The SMILES string of the molecule is Cc1cc2cc3c(-c4ccccc4)c4c5ccc6c7ccc8c9c(ccc(c%10ccc(c5c6%10)c4c4c5ccc(C(C)(C)C)cc5c(c2cc1C)c34)c97)-c1cc(C(C)(C)C)ccc1-8. The van der Waals surface area contributed by atoms with Crippen LogP contribution in [-0.4, -0.2) is 0 Å². The molecule has 294 valence electrons. The van der Waals surface area contributed by atoms with E-state index in [9.17, 15) is 0 Å². The van der Waals surface area contributed by atoms with Gasteiger partial charge in [-0.05, 0) is 206 Å². The molecule has 1 aliphatic carbocycles. The largest absolute Gasteiger partial charge is 0.0622 e. The first-order valence-corrected chi connectivity index (χ1v) is 22.5. The highest BCUT2D eigenvalue weighted by Gasteiger charge is 2.30. The fourth-order valence-corrected chi connectivity index (χ4v) is 12.3. The summed E-state index contributed by atoms with van der Waals surface area (Å²) in [5, 5.41) is 27.5. The van der Waals surface area contributed by atoms with Gasteiger partial charge < -0.3 is 0 Å². The molecular formula is C62H46. The average molecular weight is 791 g/mol. The number of hydrogen-bond donors (Lipinski definition) is 0. The zero-order chi connectivity index (χ0) is 41.9. The van der Waals surface area contributed by atoms with Crippen LogP contribution < -0.4 is 0 Å². The van der Waals surface area contributed by atoms with Gasteiger partial charge in [-0.2, -0.15) is 0 Å². The van der Waals surface area contributed by atoms with Gasteiger partial charge in [0.15, 0.2) is 0 Å². The summed E-state index contributed by atoms with van der Waals surface area (Å²) in [4.78, 5) is 0. The summed E-state index contributed by atoms with van der Waals surface area (Å²) in [6.07, 6.45) is 0. The molecule has 0 saturated heterocycles. The van der Waals surface area contributed by atoms with Crippen LogP contribution in [0.4, 0.5) is 0 Å². The van der Waals surface area contributed by atoms with Crippen LogP contribution in [0.1, 0.15) is 63.8 Å². The van der Waals surface area contributed by atoms with E-state index in [4.69, 9.17) is 0 Å². The van der Waals surface area contributed by atoms with E-state index in [1.807, 2.05) is 0 Å². The molecule has 0 heteroatoms. The highest BCUT2D eigenvalue weighted by atomic mass is 14.3. The minimum Gasteiger partial charge on any atom is -0.0622 e. The molecule has 0 aliphatic heterocycles. The van der Waals surface area contributed by atoms with E-state index >= 15 is 0 Å². The average Bonchev–Trinajstić information content (AvgIpc) is 3.89. The summed E-state index contributed by atoms with van der Waals surface area (Å²) in [6, 6.07) is 52.9. The lowest BCUT2D eigenvalue weighted by atomic mass is 9.85. The van der Waals surface area contributed by atoms with Gasteiger partial charge in [-0.25, -0.2) is 0 Å². The van der Waals surface area contributed by atoms with Crippen molar-refractivity contribution in [3.63, 3.8) is 0 Å². The van der Waals surface area contributed by atoms with Gasteiger partial charge in [0.05, 0.1) is 0 Å². The second kappa shape index (κ2) is 11.2. The molecule has 0 spiro atoms. The lowest BCUT2D eigenvalue weighted by Crippen LogP contribution is -2.10. The minimum atomic E-state index is 0.0257. The van der Waals surface area contributed by atoms with E-state index in [-0.39, 0.29) is 10.8 Å². The Morgan fingerprint density at radius 1 is 0.290 bits per heavy atom. The molecular weight excluding hydrogens is 745 g/mol. The van der Waals surface area contributed by atoms with Crippen LogP contribution in [-0.2, 0) is 10.8 Å². The summed E-state index contributed by atoms with van der Waals surface area (Å²) in [5.41, 5.74) is 13.6. The van der Waals surface area contributed by atoms with Crippen molar-refractivity contribution in [2.24, 2.45) is 0 Å². The Balaban J connectivity index is 1.20. The third kappa shape index (κ3) is 4.14. The van der Waals surface area contributed by atoms with Gasteiger partial charge in [0.2, 0.25) is 0 Å². The highest BCUT2D eigenvalue weighted by Crippen LogP contribution is 2.58. The molecule has 1 aliphatic rings. The van der Waals surface area contributed by atoms with E-state index in [0.29, 0.717) is 0 Å². The van der Waals surface area contributed by atoms with Gasteiger partial charge in [-0.15, -0.1) is 0 Å². The van der Waals surface area contributed by atoms with Crippen molar-refractivity contribution < 1.29 is 0 Å². The van der Waals surface area contributed by atoms with Crippen molar-refractivity contribution in [2.45, 2.75) is 66.2 Å². The van der Waals surface area contributed by atoms with Crippen molar-refractivity contribution in [1.29, 1.82) is 0 Å². The van der Waals surface area contributed by atoms with Crippen LogP contribution in [0.3, 0.4) is 0 Å². The smallest absolute Gasteiger partial charge is 0.000696 e. The molecule has 0 atom stereocenters. The number of hydrogen-bond acceptors (Lipinski definition) is 0. The Bertz CT molecular complexity index is 4120. The molecule has 0 amide bonds. The van der Waals surface area contributed by atoms with Crippen LogP contribution in [0.2, 0.25) is 0 Å². The molecule has 13 aromatic rings. The first-order chi connectivity index (χ1) is 29.9.